The Labute approximate surface area is 126 Å². The van der Waals surface area contributed by atoms with Crippen molar-refractivity contribution in [3.05, 3.63) is 28.7 Å². The van der Waals surface area contributed by atoms with E-state index in [0.717, 1.165) is 36.1 Å². The van der Waals surface area contributed by atoms with Gasteiger partial charge in [-0.25, -0.2) is 0 Å². The summed E-state index contributed by atoms with van der Waals surface area (Å²) in [5, 5.41) is 21.3. The largest absolute Gasteiger partial charge is 0.355 e. The highest BCUT2D eigenvalue weighted by atomic mass is 79.9. The molecular weight excluding hydrogens is 318 g/mol. The highest BCUT2D eigenvalue weighted by Crippen LogP contribution is 2.14. The van der Waals surface area contributed by atoms with Crippen LogP contribution in [0.1, 0.15) is 19.3 Å². The number of anilines is 1. The van der Waals surface area contributed by atoms with Crippen molar-refractivity contribution in [3.8, 4) is 6.07 Å². The highest BCUT2D eigenvalue weighted by molar-refractivity contribution is 9.10. The van der Waals surface area contributed by atoms with Crippen molar-refractivity contribution in [1.82, 2.24) is 4.90 Å². The van der Waals surface area contributed by atoms with E-state index in [1.807, 2.05) is 35.2 Å². The summed E-state index contributed by atoms with van der Waals surface area (Å²) < 4.78 is 0.980. The van der Waals surface area contributed by atoms with Crippen molar-refractivity contribution in [2.45, 2.75) is 19.3 Å². The molecule has 2 rings (SSSR count). The maximum absolute atomic E-state index is 9.15. The zero-order chi connectivity index (χ0) is 14.4. The Kier molecular flexibility index (Phi) is 5.13. The van der Waals surface area contributed by atoms with Crippen molar-refractivity contribution >= 4 is 33.2 Å². The molecular formula is C14H16BrN5. The van der Waals surface area contributed by atoms with Crippen LogP contribution in [0.3, 0.4) is 0 Å². The lowest BCUT2D eigenvalue weighted by molar-refractivity contribution is 0.344. The molecule has 0 spiro atoms. The van der Waals surface area contributed by atoms with Crippen molar-refractivity contribution in [3.63, 3.8) is 0 Å². The number of likely N-dealkylation sites (tertiary alicyclic amines) is 1. The fourth-order valence-corrected chi connectivity index (χ4v) is 2.31. The second-order valence-electron chi connectivity index (χ2n) is 4.59. The molecule has 1 fully saturated rings. The van der Waals surface area contributed by atoms with Gasteiger partial charge in [0, 0.05) is 17.6 Å². The summed E-state index contributed by atoms with van der Waals surface area (Å²) in [4.78, 5) is 1.91. The first-order chi connectivity index (χ1) is 9.70. The Bertz CT molecular complexity index is 538. The molecule has 0 aromatic heterocycles. The van der Waals surface area contributed by atoms with E-state index >= 15 is 0 Å². The number of benzene rings is 1. The predicted molar refractivity (Wildman–Crippen MR) is 84.0 cm³/mol. The Balaban J connectivity index is 2.03. The van der Waals surface area contributed by atoms with Gasteiger partial charge in [-0.1, -0.05) is 15.9 Å². The van der Waals surface area contributed by atoms with Gasteiger partial charge in [-0.15, -0.1) is 0 Å². The highest BCUT2D eigenvalue weighted by Gasteiger charge is 2.18. The zero-order valence-corrected chi connectivity index (χ0v) is 12.7. The fraction of sp³-hybridized carbons (Fsp3) is 0.357. The quantitative estimate of drug-likeness (QED) is 0.506. The normalized spacial score (nSPS) is 15.6. The van der Waals surface area contributed by atoms with E-state index in [2.05, 4.69) is 26.5 Å². The second kappa shape index (κ2) is 7.06. The van der Waals surface area contributed by atoms with E-state index in [-0.39, 0.29) is 11.5 Å². The summed E-state index contributed by atoms with van der Waals surface area (Å²) in [6.45, 7) is 1.66. The van der Waals surface area contributed by atoms with Gasteiger partial charge in [-0.2, -0.15) is 10.4 Å². The fourth-order valence-electron chi connectivity index (χ4n) is 2.04. The number of nitriles is 1. The van der Waals surface area contributed by atoms with Crippen LogP contribution in [0.2, 0.25) is 0 Å². The van der Waals surface area contributed by atoms with E-state index in [1.54, 1.807) is 0 Å². The molecule has 0 radical (unpaired) electrons. The SMILES string of the molecule is N#CC(=NNc1ccc(Br)cc1)C(=N)N1CCCCC1. The lowest BCUT2D eigenvalue weighted by atomic mass is 10.1. The smallest absolute Gasteiger partial charge is 0.202 e. The number of amidine groups is 1. The molecule has 6 heteroatoms. The Hall–Kier alpha value is -1.87. The van der Waals surface area contributed by atoms with Crippen LogP contribution in [0.4, 0.5) is 5.69 Å². The minimum absolute atomic E-state index is 0.120. The van der Waals surface area contributed by atoms with Crippen LogP contribution in [0.15, 0.2) is 33.8 Å². The molecule has 5 nitrogen and oxygen atoms in total. The molecule has 0 aliphatic carbocycles. The van der Waals surface area contributed by atoms with Crippen molar-refractivity contribution < 1.29 is 0 Å². The topological polar surface area (TPSA) is 75.3 Å². The molecule has 1 aromatic rings. The molecule has 0 atom stereocenters. The summed E-state index contributed by atoms with van der Waals surface area (Å²) in [5.41, 5.74) is 3.72. The average Bonchev–Trinajstić information content (AvgIpc) is 2.50. The maximum atomic E-state index is 9.15. The summed E-state index contributed by atoms with van der Waals surface area (Å²) >= 11 is 3.36. The lowest BCUT2D eigenvalue weighted by Gasteiger charge is -2.27. The van der Waals surface area contributed by atoms with Gasteiger partial charge >= 0.3 is 0 Å². The van der Waals surface area contributed by atoms with Gasteiger partial charge in [0.15, 0.2) is 5.84 Å². The van der Waals surface area contributed by atoms with Gasteiger partial charge in [-0.05, 0) is 43.5 Å². The van der Waals surface area contributed by atoms with Gasteiger partial charge in [0.2, 0.25) is 5.71 Å². The van der Waals surface area contributed by atoms with Crippen LogP contribution in [-0.4, -0.2) is 29.5 Å². The number of nitrogens with one attached hydrogen (secondary N) is 2. The second-order valence-corrected chi connectivity index (χ2v) is 5.50. The molecule has 1 heterocycles. The molecule has 2 N–H and O–H groups in total. The molecule has 0 unspecified atom stereocenters. The van der Waals surface area contributed by atoms with Crippen molar-refractivity contribution in [1.29, 1.82) is 10.7 Å². The molecule has 1 aliphatic rings. The lowest BCUT2D eigenvalue weighted by Crippen LogP contribution is -2.39. The third kappa shape index (κ3) is 3.81. The number of hydrazone groups is 1. The minimum atomic E-state index is 0.120. The number of nitrogens with zero attached hydrogens (tertiary/aromatic N) is 3. The number of piperidine rings is 1. The number of halogens is 1. The first kappa shape index (κ1) is 14.5. The number of rotatable bonds is 3. The van der Waals surface area contributed by atoms with E-state index < -0.39 is 0 Å². The molecule has 1 aliphatic heterocycles. The van der Waals surface area contributed by atoms with Crippen LogP contribution < -0.4 is 5.43 Å². The van der Waals surface area contributed by atoms with Crippen LogP contribution >= 0.6 is 15.9 Å². The van der Waals surface area contributed by atoms with Gasteiger partial charge in [-0.3, -0.25) is 10.8 Å². The Morgan fingerprint density at radius 2 is 1.90 bits per heavy atom. The first-order valence-corrected chi connectivity index (χ1v) is 7.33. The number of hydrogen-bond acceptors (Lipinski definition) is 4. The van der Waals surface area contributed by atoms with Gasteiger partial charge in [0.05, 0.1) is 5.69 Å². The minimum Gasteiger partial charge on any atom is -0.355 e. The Morgan fingerprint density at radius 3 is 2.50 bits per heavy atom. The van der Waals surface area contributed by atoms with Gasteiger partial charge < -0.3 is 4.90 Å². The van der Waals surface area contributed by atoms with Crippen molar-refractivity contribution in [2.24, 2.45) is 5.10 Å². The van der Waals surface area contributed by atoms with E-state index in [4.69, 9.17) is 10.7 Å². The van der Waals surface area contributed by atoms with Gasteiger partial charge in [0.25, 0.3) is 0 Å². The third-order valence-corrected chi connectivity index (χ3v) is 3.67. The first-order valence-electron chi connectivity index (χ1n) is 6.54. The van der Waals surface area contributed by atoms with Crippen molar-refractivity contribution in [2.75, 3.05) is 18.5 Å². The van der Waals surface area contributed by atoms with Crippen LogP contribution in [0.25, 0.3) is 0 Å². The zero-order valence-electron chi connectivity index (χ0n) is 11.1. The van der Waals surface area contributed by atoms with E-state index in [9.17, 15) is 0 Å². The standard InChI is InChI=1S/C14H16BrN5/c15-11-4-6-12(7-5-11)18-19-13(10-16)14(17)20-8-2-1-3-9-20/h4-7,17-18H,1-3,8-9H2. The van der Waals surface area contributed by atoms with E-state index in [1.165, 1.54) is 6.42 Å². The van der Waals surface area contributed by atoms with Gasteiger partial charge in [0.1, 0.15) is 6.07 Å². The summed E-state index contributed by atoms with van der Waals surface area (Å²) in [7, 11) is 0. The van der Waals surface area contributed by atoms with Crippen LogP contribution in [0, 0.1) is 16.7 Å². The monoisotopic (exact) mass is 333 g/mol. The molecule has 1 saturated heterocycles. The predicted octanol–water partition coefficient (Wildman–Crippen LogP) is 3.20. The van der Waals surface area contributed by atoms with Crippen LogP contribution in [-0.2, 0) is 0 Å². The molecule has 0 saturated carbocycles. The third-order valence-electron chi connectivity index (χ3n) is 3.14. The van der Waals surface area contributed by atoms with Crippen LogP contribution in [0.5, 0.6) is 0 Å². The van der Waals surface area contributed by atoms with E-state index in [0.29, 0.717) is 0 Å². The molecule has 20 heavy (non-hydrogen) atoms. The summed E-state index contributed by atoms with van der Waals surface area (Å²) in [5.74, 6) is 0.205. The average molecular weight is 334 g/mol. The molecule has 0 bridgehead atoms. The molecule has 104 valence electrons. The maximum Gasteiger partial charge on any atom is 0.202 e. The summed E-state index contributed by atoms with van der Waals surface area (Å²) in [6, 6.07) is 9.48. The molecule has 0 amide bonds. The Morgan fingerprint density at radius 1 is 1.25 bits per heavy atom. The number of hydrogen-bond donors (Lipinski definition) is 2. The summed E-state index contributed by atoms with van der Waals surface area (Å²) in [6.07, 6.45) is 3.34. The molecule has 1 aromatic carbocycles.